The average molecular weight is 448 g/mol. The molecule has 1 saturated heterocycles. The van der Waals surface area contributed by atoms with Gasteiger partial charge in [0, 0.05) is 5.69 Å². The number of carbonyl (C=O) groups excluding carboxylic acids is 1. The predicted molar refractivity (Wildman–Crippen MR) is 135 cm³/mol. The van der Waals surface area contributed by atoms with Gasteiger partial charge in [-0.15, -0.1) is 0 Å². The van der Waals surface area contributed by atoms with Gasteiger partial charge < -0.3 is 15.1 Å². The van der Waals surface area contributed by atoms with Crippen molar-refractivity contribution < 1.29 is 9.69 Å². The first-order valence-corrected chi connectivity index (χ1v) is 12.4. The van der Waals surface area contributed by atoms with Crippen molar-refractivity contribution in [1.82, 2.24) is 5.32 Å². The van der Waals surface area contributed by atoms with E-state index in [0.29, 0.717) is 5.92 Å². The molecule has 2 N–H and O–H groups in total. The normalized spacial score (nSPS) is 15.3. The largest absolute Gasteiger partial charge is 0.360 e. The van der Waals surface area contributed by atoms with E-state index in [1.165, 1.54) is 38.2 Å². The van der Waals surface area contributed by atoms with Gasteiger partial charge in [-0.1, -0.05) is 63.6 Å². The first kappa shape index (κ1) is 24.8. The third kappa shape index (κ3) is 7.07. The van der Waals surface area contributed by atoms with E-state index < -0.39 is 0 Å². The first-order valence-electron chi connectivity index (χ1n) is 12.4. The number of quaternary nitrogens is 1. The van der Waals surface area contributed by atoms with E-state index in [9.17, 15) is 4.79 Å². The fraction of sp³-hybridized carbons (Fsp3) is 0.500. The van der Waals surface area contributed by atoms with E-state index in [4.69, 9.17) is 5.26 Å². The van der Waals surface area contributed by atoms with Gasteiger partial charge in [-0.2, -0.15) is 5.26 Å². The van der Waals surface area contributed by atoms with Crippen LogP contribution in [-0.4, -0.2) is 45.2 Å². The smallest absolute Gasteiger partial charge is 0.228 e. The summed E-state index contributed by atoms with van der Waals surface area (Å²) in [6.45, 7) is 12.5. The number of nitrogens with one attached hydrogen (secondary N) is 2. The Hall–Kier alpha value is -2.84. The van der Waals surface area contributed by atoms with E-state index in [1.54, 1.807) is 4.90 Å². The highest BCUT2D eigenvalue weighted by atomic mass is 16.1. The van der Waals surface area contributed by atoms with Crippen LogP contribution in [0.3, 0.4) is 0 Å². The molecule has 0 bridgehead atoms. The minimum absolute atomic E-state index is 0.0446. The molecule has 0 unspecified atom stereocenters. The van der Waals surface area contributed by atoms with Crippen molar-refractivity contribution >= 4 is 11.6 Å². The summed E-state index contributed by atoms with van der Waals surface area (Å²) in [5.41, 5.74) is 4.58. The number of benzene rings is 2. The fourth-order valence-electron chi connectivity index (χ4n) is 4.67. The second-order valence-corrected chi connectivity index (χ2v) is 9.57. The summed E-state index contributed by atoms with van der Waals surface area (Å²) in [6, 6.07) is 19.1. The van der Waals surface area contributed by atoms with E-state index in [1.807, 2.05) is 18.2 Å². The second-order valence-electron chi connectivity index (χ2n) is 9.57. The highest BCUT2D eigenvalue weighted by molar-refractivity contribution is 5.84. The standard InChI is InChI=1S/C28H38N4O/c1-4-5-15-31-16-18-32(19-17-31)26-11-9-23(10-12-26)24-7-6-8-25(21-24)27(20-22(2)3)28(33)30-14-13-29/h6-12,21-22,27H,4-5,14-20H2,1-3H3,(H,30,33)/p+1/t27-/m1/s1. The number of unbranched alkanes of at least 4 members (excludes halogenated alkanes) is 1. The molecular weight excluding hydrogens is 408 g/mol. The van der Waals surface area contributed by atoms with Gasteiger partial charge >= 0.3 is 0 Å². The van der Waals surface area contributed by atoms with Gasteiger partial charge in [0.1, 0.15) is 6.54 Å². The minimum atomic E-state index is -0.246. The Balaban J connectivity index is 1.70. The molecule has 1 heterocycles. The van der Waals surface area contributed by atoms with Gasteiger partial charge in [-0.3, -0.25) is 4.79 Å². The van der Waals surface area contributed by atoms with Crippen LogP contribution in [0, 0.1) is 17.2 Å². The molecule has 0 aromatic heterocycles. The fourth-order valence-corrected chi connectivity index (χ4v) is 4.67. The van der Waals surface area contributed by atoms with E-state index in [0.717, 1.165) is 36.2 Å². The monoisotopic (exact) mass is 447 g/mol. The van der Waals surface area contributed by atoms with Crippen molar-refractivity contribution in [2.75, 3.05) is 44.2 Å². The number of rotatable bonds is 10. The number of piperazine rings is 1. The molecule has 2 aromatic rings. The molecule has 1 aliphatic rings. The summed E-state index contributed by atoms with van der Waals surface area (Å²) < 4.78 is 0. The summed E-state index contributed by atoms with van der Waals surface area (Å²) in [7, 11) is 0. The maximum absolute atomic E-state index is 12.7. The van der Waals surface area contributed by atoms with E-state index >= 15 is 0 Å². The summed E-state index contributed by atoms with van der Waals surface area (Å²) in [4.78, 5) is 16.9. The van der Waals surface area contributed by atoms with Gasteiger partial charge in [0.2, 0.25) is 5.91 Å². The number of nitriles is 1. The number of anilines is 1. The zero-order valence-corrected chi connectivity index (χ0v) is 20.4. The van der Waals surface area contributed by atoms with Crippen molar-refractivity contribution in [2.24, 2.45) is 5.92 Å². The number of nitrogens with zero attached hydrogens (tertiary/aromatic N) is 2. The molecule has 1 aliphatic heterocycles. The van der Waals surface area contributed by atoms with Crippen LogP contribution >= 0.6 is 0 Å². The highest BCUT2D eigenvalue weighted by Crippen LogP contribution is 2.29. The lowest BCUT2D eigenvalue weighted by Crippen LogP contribution is -3.14. The summed E-state index contributed by atoms with van der Waals surface area (Å²) in [5, 5.41) is 11.6. The maximum Gasteiger partial charge on any atom is 0.228 e. The highest BCUT2D eigenvalue weighted by Gasteiger charge is 2.22. The number of hydrogen-bond donors (Lipinski definition) is 2. The lowest BCUT2D eigenvalue weighted by Gasteiger charge is -2.33. The lowest BCUT2D eigenvalue weighted by molar-refractivity contribution is -0.900. The Morgan fingerprint density at radius 3 is 2.48 bits per heavy atom. The molecule has 0 radical (unpaired) electrons. The number of amides is 1. The van der Waals surface area contributed by atoms with Crippen molar-refractivity contribution in [1.29, 1.82) is 5.26 Å². The maximum atomic E-state index is 12.7. The van der Waals surface area contributed by atoms with Crippen LogP contribution in [0.5, 0.6) is 0 Å². The summed E-state index contributed by atoms with van der Waals surface area (Å²) >= 11 is 0. The first-order chi connectivity index (χ1) is 16.0. The Morgan fingerprint density at radius 1 is 1.12 bits per heavy atom. The second kappa shape index (κ2) is 12.4. The topological polar surface area (TPSA) is 60.6 Å². The Kier molecular flexibility index (Phi) is 9.33. The van der Waals surface area contributed by atoms with Gasteiger partial charge in [0.15, 0.2) is 0 Å². The molecule has 5 nitrogen and oxygen atoms in total. The molecule has 0 aliphatic carbocycles. The van der Waals surface area contributed by atoms with Crippen LogP contribution in [-0.2, 0) is 4.79 Å². The Labute approximate surface area is 199 Å². The molecule has 176 valence electrons. The molecule has 3 rings (SSSR count). The van der Waals surface area contributed by atoms with Gasteiger partial charge in [-0.05, 0) is 47.6 Å². The predicted octanol–water partition coefficient (Wildman–Crippen LogP) is 3.63. The SMILES string of the molecule is CCCC[NH+]1CCN(c2ccc(-c3cccc([C@@H](CC(C)C)C(=O)NCC#N)c3)cc2)CC1. The Morgan fingerprint density at radius 2 is 1.85 bits per heavy atom. The van der Waals surface area contributed by atoms with Crippen LogP contribution in [0.2, 0.25) is 0 Å². The number of hydrogen-bond acceptors (Lipinski definition) is 3. The third-order valence-corrected chi connectivity index (χ3v) is 6.57. The zero-order chi connectivity index (χ0) is 23.6. The third-order valence-electron chi connectivity index (χ3n) is 6.57. The Bertz CT molecular complexity index is 924. The van der Waals surface area contributed by atoms with Crippen molar-refractivity contribution in [3.63, 3.8) is 0 Å². The summed E-state index contributed by atoms with van der Waals surface area (Å²) in [5.74, 6) is 0.0667. The van der Waals surface area contributed by atoms with Crippen molar-refractivity contribution in [2.45, 2.75) is 46.0 Å². The molecule has 1 fully saturated rings. The van der Waals surface area contributed by atoms with Crippen molar-refractivity contribution in [3.05, 3.63) is 54.1 Å². The zero-order valence-electron chi connectivity index (χ0n) is 20.4. The lowest BCUT2D eigenvalue weighted by atomic mass is 9.88. The van der Waals surface area contributed by atoms with E-state index in [2.05, 4.69) is 67.4 Å². The molecular formula is C28H39N4O+. The van der Waals surface area contributed by atoms with Crippen LogP contribution in [0.25, 0.3) is 11.1 Å². The molecule has 5 heteroatoms. The van der Waals surface area contributed by atoms with Crippen LogP contribution in [0.4, 0.5) is 5.69 Å². The molecule has 0 spiro atoms. The summed E-state index contributed by atoms with van der Waals surface area (Å²) in [6.07, 6.45) is 3.35. The van der Waals surface area contributed by atoms with Gasteiger partial charge in [-0.25, -0.2) is 0 Å². The van der Waals surface area contributed by atoms with Crippen LogP contribution in [0.1, 0.15) is 51.5 Å². The van der Waals surface area contributed by atoms with Crippen molar-refractivity contribution in [3.8, 4) is 17.2 Å². The molecule has 33 heavy (non-hydrogen) atoms. The average Bonchev–Trinajstić information content (AvgIpc) is 2.85. The number of carbonyl (C=O) groups is 1. The molecule has 2 aromatic carbocycles. The molecule has 1 atom stereocenters. The van der Waals surface area contributed by atoms with E-state index in [-0.39, 0.29) is 18.4 Å². The molecule has 1 amide bonds. The van der Waals surface area contributed by atoms with Crippen LogP contribution < -0.4 is 15.1 Å². The molecule has 0 saturated carbocycles. The quantitative estimate of drug-likeness (QED) is 0.547. The van der Waals surface area contributed by atoms with Gasteiger partial charge in [0.25, 0.3) is 0 Å². The van der Waals surface area contributed by atoms with Gasteiger partial charge in [0.05, 0.1) is 44.7 Å². The minimum Gasteiger partial charge on any atom is -0.360 e. The van der Waals surface area contributed by atoms with Crippen LogP contribution in [0.15, 0.2) is 48.5 Å².